The van der Waals surface area contributed by atoms with Gasteiger partial charge in [-0.15, -0.1) is 0 Å². The van der Waals surface area contributed by atoms with Gasteiger partial charge in [-0.25, -0.2) is 0 Å². The van der Waals surface area contributed by atoms with Crippen molar-refractivity contribution < 1.29 is 0 Å². The summed E-state index contributed by atoms with van der Waals surface area (Å²) in [5.41, 5.74) is 6.17. The Kier molecular flexibility index (Phi) is 2.16. The lowest BCUT2D eigenvalue weighted by Crippen LogP contribution is -2.41. The topological polar surface area (TPSA) is 26.0 Å². The lowest BCUT2D eigenvalue weighted by Gasteiger charge is -2.38. The van der Waals surface area contributed by atoms with Gasteiger partial charge in [0.2, 0.25) is 0 Å². The van der Waals surface area contributed by atoms with E-state index in [2.05, 4.69) is 13.8 Å². The molecule has 0 amide bonds. The summed E-state index contributed by atoms with van der Waals surface area (Å²) >= 11 is 0. The summed E-state index contributed by atoms with van der Waals surface area (Å²) in [7, 11) is 0. The number of fused-ring (bicyclic) bond motifs is 1. The van der Waals surface area contributed by atoms with Crippen molar-refractivity contribution in [3.63, 3.8) is 0 Å². The molecule has 2 aliphatic rings. The Morgan fingerprint density at radius 3 is 2.25 bits per heavy atom. The van der Waals surface area contributed by atoms with Crippen molar-refractivity contribution in [1.29, 1.82) is 0 Å². The van der Waals surface area contributed by atoms with E-state index in [4.69, 9.17) is 5.73 Å². The highest BCUT2D eigenvalue weighted by Gasteiger charge is 2.42. The predicted molar refractivity (Wildman–Crippen MR) is 51.8 cm³/mol. The van der Waals surface area contributed by atoms with E-state index in [1.165, 1.54) is 25.7 Å². The lowest BCUT2D eigenvalue weighted by atomic mass is 9.70. The van der Waals surface area contributed by atoms with Gasteiger partial charge in [-0.1, -0.05) is 20.3 Å². The molecule has 0 heterocycles. The number of hydrogen-bond donors (Lipinski definition) is 1. The second-order valence-corrected chi connectivity index (χ2v) is 5.01. The van der Waals surface area contributed by atoms with Crippen molar-refractivity contribution in [2.45, 2.75) is 45.6 Å². The molecule has 2 aliphatic carbocycles. The molecular weight excluding hydrogens is 146 g/mol. The maximum Gasteiger partial charge on any atom is 0.00725 e. The number of hydrogen-bond acceptors (Lipinski definition) is 1. The molecule has 0 aromatic heterocycles. The highest BCUT2D eigenvalue weighted by molar-refractivity contribution is 4.94. The Bertz CT molecular complexity index is 166. The van der Waals surface area contributed by atoms with Gasteiger partial charge < -0.3 is 5.73 Å². The minimum Gasteiger partial charge on any atom is -0.327 e. The molecule has 2 rings (SSSR count). The fourth-order valence-corrected chi connectivity index (χ4v) is 3.53. The van der Waals surface area contributed by atoms with E-state index in [0.29, 0.717) is 6.04 Å². The van der Waals surface area contributed by atoms with Gasteiger partial charge in [0.1, 0.15) is 0 Å². The first kappa shape index (κ1) is 8.55. The molecule has 70 valence electrons. The van der Waals surface area contributed by atoms with Gasteiger partial charge in [0.25, 0.3) is 0 Å². The molecule has 0 spiro atoms. The van der Waals surface area contributed by atoms with Crippen molar-refractivity contribution >= 4 is 0 Å². The first-order valence-electron chi connectivity index (χ1n) is 5.45. The fourth-order valence-electron chi connectivity index (χ4n) is 3.53. The molecule has 2 saturated carbocycles. The molecule has 0 unspecified atom stereocenters. The molecule has 0 radical (unpaired) electrons. The van der Waals surface area contributed by atoms with Crippen molar-refractivity contribution in [1.82, 2.24) is 0 Å². The van der Waals surface area contributed by atoms with E-state index in [0.717, 1.165) is 23.7 Å². The van der Waals surface area contributed by atoms with Gasteiger partial charge in [-0.3, -0.25) is 0 Å². The Morgan fingerprint density at radius 1 is 0.917 bits per heavy atom. The predicted octanol–water partition coefficient (Wildman–Crippen LogP) is 2.41. The van der Waals surface area contributed by atoms with Crippen LogP contribution in [0.15, 0.2) is 0 Å². The third-order valence-corrected chi connectivity index (χ3v) is 4.29. The van der Waals surface area contributed by atoms with Crippen molar-refractivity contribution in [3.8, 4) is 0 Å². The molecular formula is C11H21N. The summed E-state index contributed by atoms with van der Waals surface area (Å²) in [5, 5.41) is 0. The van der Waals surface area contributed by atoms with E-state index in [1.54, 1.807) is 0 Å². The molecule has 0 saturated heterocycles. The van der Waals surface area contributed by atoms with Crippen LogP contribution in [0.3, 0.4) is 0 Å². The maximum absolute atomic E-state index is 6.17. The molecule has 2 N–H and O–H groups in total. The monoisotopic (exact) mass is 167 g/mol. The van der Waals surface area contributed by atoms with Crippen LogP contribution in [-0.4, -0.2) is 6.04 Å². The van der Waals surface area contributed by atoms with Crippen LogP contribution in [0.2, 0.25) is 0 Å². The van der Waals surface area contributed by atoms with Crippen LogP contribution < -0.4 is 5.73 Å². The first-order chi connectivity index (χ1) is 5.70. The van der Waals surface area contributed by atoms with Crippen LogP contribution in [0.25, 0.3) is 0 Å². The Balaban J connectivity index is 2.13. The zero-order valence-corrected chi connectivity index (χ0v) is 8.29. The van der Waals surface area contributed by atoms with Crippen LogP contribution >= 0.6 is 0 Å². The summed E-state index contributed by atoms with van der Waals surface area (Å²) in [6.45, 7) is 4.81. The zero-order valence-electron chi connectivity index (χ0n) is 8.29. The average molecular weight is 167 g/mol. The Hall–Kier alpha value is -0.0400. The van der Waals surface area contributed by atoms with E-state index in [1.807, 2.05) is 0 Å². The molecule has 0 aromatic carbocycles. The molecule has 1 heteroatoms. The highest BCUT2D eigenvalue weighted by atomic mass is 14.7. The van der Waals surface area contributed by atoms with Gasteiger partial charge in [0.15, 0.2) is 0 Å². The van der Waals surface area contributed by atoms with Gasteiger partial charge in [0.05, 0.1) is 0 Å². The average Bonchev–Trinajstić information content (AvgIpc) is 2.42. The quantitative estimate of drug-likeness (QED) is 0.589. The maximum atomic E-state index is 6.17. The van der Waals surface area contributed by atoms with Crippen LogP contribution in [0, 0.1) is 23.7 Å². The second-order valence-electron chi connectivity index (χ2n) is 5.01. The fraction of sp³-hybridized carbons (Fsp3) is 1.00. The molecule has 0 aromatic rings. The number of nitrogens with two attached hydrogens (primary N) is 1. The van der Waals surface area contributed by atoms with Crippen LogP contribution in [-0.2, 0) is 0 Å². The molecule has 2 fully saturated rings. The van der Waals surface area contributed by atoms with E-state index in [-0.39, 0.29) is 0 Å². The molecule has 1 nitrogen and oxygen atoms in total. The van der Waals surface area contributed by atoms with Crippen molar-refractivity contribution in [2.24, 2.45) is 29.4 Å². The van der Waals surface area contributed by atoms with Crippen LogP contribution in [0.1, 0.15) is 39.5 Å². The van der Waals surface area contributed by atoms with Gasteiger partial charge in [-0.2, -0.15) is 0 Å². The van der Waals surface area contributed by atoms with Gasteiger partial charge in [0, 0.05) is 6.04 Å². The largest absolute Gasteiger partial charge is 0.327 e. The summed E-state index contributed by atoms with van der Waals surface area (Å²) in [4.78, 5) is 0. The smallest absolute Gasteiger partial charge is 0.00725 e. The van der Waals surface area contributed by atoms with Crippen molar-refractivity contribution in [2.75, 3.05) is 0 Å². The van der Waals surface area contributed by atoms with Gasteiger partial charge in [-0.05, 0) is 42.9 Å². The molecule has 0 aliphatic heterocycles. The molecule has 0 bridgehead atoms. The van der Waals surface area contributed by atoms with E-state index in [9.17, 15) is 0 Å². The molecule has 12 heavy (non-hydrogen) atoms. The zero-order chi connectivity index (χ0) is 8.72. The summed E-state index contributed by atoms with van der Waals surface area (Å²) in [6, 6.07) is 0.517. The van der Waals surface area contributed by atoms with E-state index < -0.39 is 0 Å². The summed E-state index contributed by atoms with van der Waals surface area (Å²) in [5.74, 6) is 3.66. The normalized spacial score (nSPS) is 53.8. The minimum absolute atomic E-state index is 0.517. The SMILES string of the molecule is C[C@@H]1CC[C@@H](N)[C@H]2[C@@H]1CC[C@@H]2C. The van der Waals surface area contributed by atoms with E-state index >= 15 is 0 Å². The van der Waals surface area contributed by atoms with Crippen LogP contribution in [0.5, 0.6) is 0 Å². The summed E-state index contributed by atoms with van der Waals surface area (Å²) < 4.78 is 0. The third-order valence-electron chi connectivity index (χ3n) is 4.29. The number of rotatable bonds is 0. The lowest BCUT2D eigenvalue weighted by molar-refractivity contribution is 0.146. The van der Waals surface area contributed by atoms with Gasteiger partial charge >= 0.3 is 0 Å². The molecule has 5 atom stereocenters. The summed E-state index contributed by atoms with van der Waals surface area (Å²) in [6.07, 6.45) is 5.51. The third kappa shape index (κ3) is 1.19. The highest BCUT2D eigenvalue weighted by Crippen LogP contribution is 2.47. The second kappa shape index (κ2) is 3.02. The Morgan fingerprint density at radius 2 is 1.58 bits per heavy atom. The minimum atomic E-state index is 0.517. The Labute approximate surface area is 75.7 Å². The van der Waals surface area contributed by atoms with Crippen molar-refractivity contribution in [3.05, 3.63) is 0 Å². The first-order valence-corrected chi connectivity index (χ1v) is 5.45. The standard InChI is InChI=1S/C11H21N/c1-7-4-6-10(12)11-8(2)3-5-9(7)11/h7-11H,3-6,12H2,1-2H3/t7-,8+,9-,10-,11-/m1/s1. The van der Waals surface area contributed by atoms with Crippen LogP contribution in [0.4, 0.5) is 0 Å².